The van der Waals surface area contributed by atoms with Gasteiger partial charge in [0.25, 0.3) is 17.7 Å². The Bertz CT molecular complexity index is 2500. The van der Waals surface area contributed by atoms with Gasteiger partial charge in [-0.1, -0.05) is 48.3 Å². The topological polar surface area (TPSA) is 191 Å². The van der Waals surface area contributed by atoms with Gasteiger partial charge >= 0.3 is 0 Å². The maximum absolute atomic E-state index is 12.6. The van der Waals surface area contributed by atoms with Gasteiger partial charge in [0.1, 0.15) is 0 Å². The molecule has 0 aliphatic carbocycles. The maximum Gasteiger partial charge on any atom is 0.258 e. The monoisotopic (exact) mass is 896 g/mol. The number of nitrogens with zero attached hydrogens (tertiary/aromatic N) is 2. The zero-order chi connectivity index (χ0) is 44.1. The number of thioether (sulfide) groups is 1. The second-order valence-electron chi connectivity index (χ2n) is 15.3. The van der Waals surface area contributed by atoms with Gasteiger partial charge in [-0.25, -0.2) is 0 Å². The maximum atomic E-state index is 12.6. The molecule has 4 aromatic carbocycles. The molecule has 4 aliphatic heterocycles. The predicted molar refractivity (Wildman–Crippen MR) is 231 cm³/mol. The van der Waals surface area contributed by atoms with E-state index in [0.29, 0.717) is 84.2 Å². The average Bonchev–Trinajstić information content (AvgIpc) is 3.86. The summed E-state index contributed by atoms with van der Waals surface area (Å²) < 4.78 is 0. The Labute approximate surface area is 371 Å². The Morgan fingerprint density at radius 1 is 0.613 bits per heavy atom. The van der Waals surface area contributed by atoms with Gasteiger partial charge in [0, 0.05) is 60.6 Å². The fourth-order valence-electron chi connectivity index (χ4n) is 7.82. The molecule has 17 heteroatoms. The van der Waals surface area contributed by atoms with Crippen LogP contribution in [0.4, 0.5) is 0 Å². The van der Waals surface area contributed by atoms with Crippen molar-refractivity contribution in [2.75, 3.05) is 5.75 Å². The molecule has 2 unspecified atom stereocenters. The van der Waals surface area contributed by atoms with Gasteiger partial charge in [-0.2, -0.15) is 0 Å². The summed E-state index contributed by atoms with van der Waals surface area (Å²) in [5.74, 6) is -1.93. The third kappa shape index (κ3) is 10.7. The molecule has 0 saturated carbocycles. The SMILES string of the molecule is CCSc1ccc(C(=O)NC(=O)c2ccc3c(c2)CN(C2CCC(=O)NC2=O)C3)cc1.O=C(Cc1ccc(Cl)c(Cl)c1)NC(=O)c1ccc2c(c1)CN(C1CCC(=O)NC1=O)C2. The molecule has 0 spiro atoms. The first-order valence-electron chi connectivity index (χ1n) is 20.0. The number of hydrogen-bond donors (Lipinski definition) is 4. The number of carbonyl (C=O) groups is 8. The van der Waals surface area contributed by atoms with Crippen molar-refractivity contribution < 1.29 is 38.4 Å². The highest BCUT2D eigenvalue weighted by Gasteiger charge is 2.36. The molecule has 14 nitrogen and oxygen atoms in total. The minimum absolute atomic E-state index is 0.00312. The highest BCUT2D eigenvalue weighted by Crippen LogP contribution is 2.30. The Hall–Kier alpha value is -5.71. The molecular weight excluding hydrogens is 856 g/mol. The summed E-state index contributed by atoms with van der Waals surface area (Å²) in [5, 5.41) is 10.3. The van der Waals surface area contributed by atoms with Crippen molar-refractivity contribution in [1.82, 2.24) is 31.1 Å². The van der Waals surface area contributed by atoms with E-state index >= 15 is 0 Å². The lowest BCUT2D eigenvalue weighted by Gasteiger charge is -2.29. The molecule has 320 valence electrons. The van der Waals surface area contributed by atoms with Crippen LogP contribution < -0.4 is 21.3 Å². The van der Waals surface area contributed by atoms with E-state index in [2.05, 4.69) is 28.2 Å². The molecule has 4 N–H and O–H groups in total. The quantitative estimate of drug-likeness (QED) is 0.129. The van der Waals surface area contributed by atoms with Crippen molar-refractivity contribution in [3.63, 3.8) is 0 Å². The van der Waals surface area contributed by atoms with Crippen LogP contribution in [0.15, 0.2) is 83.8 Å². The van der Waals surface area contributed by atoms with E-state index in [-0.39, 0.29) is 42.1 Å². The van der Waals surface area contributed by atoms with Crippen LogP contribution in [0.1, 0.15) is 91.5 Å². The molecule has 2 saturated heterocycles. The number of amides is 8. The highest BCUT2D eigenvalue weighted by molar-refractivity contribution is 7.99. The molecule has 8 rings (SSSR count). The molecule has 2 fully saturated rings. The molecule has 2 atom stereocenters. The zero-order valence-electron chi connectivity index (χ0n) is 33.6. The Morgan fingerprint density at radius 3 is 1.60 bits per heavy atom. The summed E-state index contributed by atoms with van der Waals surface area (Å²) in [4.78, 5) is 102. The standard InChI is InChI=1S/C23H23N3O4S.C22H19Cl2N3O4/c1-2-31-18-7-5-14(6-8-18)21(28)25-22(29)15-3-4-16-12-26(13-17(16)11-15)19-9-10-20(27)24-23(19)30;23-16-4-1-12(7-17(16)24)8-20(29)26-21(30)13-2-3-14-10-27(11-15(14)9-13)18-5-6-19(28)25-22(18)31/h3-8,11,19H,2,9-10,12-13H2,1H3,(H,24,27,30)(H,25,28,29);1-4,7,9,18H,5-6,8,10-11H2,(H,25,28,31)(H,26,29,30). The van der Waals surface area contributed by atoms with E-state index in [0.717, 1.165) is 32.9 Å². The lowest BCUT2D eigenvalue weighted by Crippen LogP contribution is -2.50. The van der Waals surface area contributed by atoms with Crippen molar-refractivity contribution in [3.05, 3.63) is 133 Å². The van der Waals surface area contributed by atoms with Gasteiger partial charge in [0.05, 0.1) is 28.5 Å². The minimum atomic E-state index is -0.493. The molecule has 0 aromatic heterocycles. The van der Waals surface area contributed by atoms with Gasteiger partial charge < -0.3 is 0 Å². The first kappa shape index (κ1) is 44.3. The number of carbonyl (C=O) groups excluding carboxylic acids is 8. The third-order valence-corrected chi connectivity index (χ3v) is 12.6. The fourth-order valence-corrected chi connectivity index (χ4v) is 8.80. The van der Waals surface area contributed by atoms with Gasteiger partial charge in [-0.15, -0.1) is 11.8 Å². The van der Waals surface area contributed by atoms with Gasteiger partial charge in [-0.3, -0.25) is 69.4 Å². The number of halogens is 2. The van der Waals surface area contributed by atoms with Crippen LogP contribution in [-0.4, -0.2) is 74.9 Å². The Balaban J connectivity index is 0.000000186. The van der Waals surface area contributed by atoms with Crippen molar-refractivity contribution in [2.45, 2.75) is 82.2 Å². The lowest BCUT2D eigenvalue weighted by atomic mass is 10.0. The average molecular weight is 898 g/mol. The molecule has 0 radical (unpaired) electrons. The number of fused-ring (bicyclic) bond motifs is 2. The summed E-state index contributed by atoms with van der Waals surface area (Å²) in [6.07, 6.45) is 1.62. The van der Waals surface area contributed by atoms with Gasteiger partial charge in [0.2, 0.25) is 29.5 Å². The molecule has 4 heterocycles. The van der Waals surface area contributed by atoms with E-state index < -0.39 is 23.6 Å². The first-order chi connectivity index (χ1) is 29.7. The first-order valence-corrected chi connectivity index (χ1v) is 21.7. The second-order valence-corrected chi connectivity index (χ2v) is 17.4. The van der Waals surface area contributed by atoms with Crippen molar-refractivity contribution in [3.8, 4) is 0 Å². The van der Waals surface area contributed by atoms with E-state index in [4.69, 9.17) is 23.2 Å². The molecule has 62 heavy (non-hydrogen) atoms. The van der Waals surface area contributed by atoms with Crippen molar-refractivity contribution >= 4 is 82.2 Å². The summed E-state index contributed by atoms with van der Waals surface area (Å²) in [7, 11) is 0. The minimum Gasteiger partial charge on any atom is -0.295 e. The largest absolute Gasteiger partial charge is 0.295 e. The summed E-state index contributed by atoms with van der Waals surface area (Å²) >= 11 is 13.5. The van der Waals surface area contributed by atoms with Crippen LogP contribution in [0.5, 0.6) is 0 Å². The fraction of sp³-hybridized carbons (Fsp3) is 0.289. The molecule has 4 aliphatic rings. The third-order valence-electron chi connectivity index (χ3n) is 11.0. The zero-order valence-corrected chi connectivity index (χ0v) is 35.9. The number of hydrogen-bond acceptors (Lipinski definition) is 11. The summed E-state index contributed by atoms with van der Waals surface area (Å²) in [6, 6.07) is 21.9. The number of benzene rings is 4. The van der Waals surface area contributed by atoms with Crippen LogP contribution in [0.25, 0.3) is 0 Å². The summed E-state index contributed by atoms with van der Waals surface area (Å²) in [6.45, 7) is 4.24. The molecule has 0 bridgehead atoms. The number of imide groups is 4. The normalized spacial score (nSPS) is 18.4. The lowest BCUT2D eigenvalue weighted by molar-refractivity contribution is -0.139. The molecular formula is C45H42Cl2N6O8S. The van der Waals surface area contributed by atoms with Crippen molar-refractivity contribution in [1.29, 1.82) is 0 Å². The van der Waals surface area contributed by atoms with E-state index in [1.165, 1.54) is 0 Å². The number of nitrogens with one attached hydrogen (secondary N) is 4. The van der Waals surface area contributed by atoms with Crippen LogP contribution in [0.2, 0.25) is 10.0 Å². The van der Waals surface area contributed by atoms with Crippen LogP contribution >= 0.6 is 35.0 Å². The Kier molecular flexibility index (Phi) is 14.0. The van der Waals surface area contributed by atoms with Crippen LogP contribution in [-0.2, 0) is 56.6 Å². The number of piperidine rings is 2. The predicted octanol–water partition coefficient (Wildman–Crippen LogP) is 5.10. The van der Waals surface area contributed by atoms with Crippen LogP contribution in [0, 0.1) is 0 Å². The smallest absolute Gasteiger partial charge is 0.258 e. The second kappa shape index (κ2) is 19.6. The van der Waals surface area contributed by atoms with Gasteiger partial charge in [-0.05, 0) is 107 Å². The van der Waals surface area contributed by atoms with Gasteiger partial charge in [0.15, 0.2) is 0 Å². The van der Waals surface area contributed by atoms with Crippen molar-refractivity contribution in [2.24, 2.45) is 0 Å². The van der Waals surface area contributed by atoms with E-state index in [1.54, 1.807) is 66.4 Å². The number of rotatable bonds is 9. The molecule has 8 amide bonds. The van der Waals surface area contributed by atoms with Crippen LogP contribution in [0.3, 0.4) is 0 Å². The molecule has 4 aromatic rings. The van der Waals surface area contributed by atoms with E-state index in [1.807, 2.05) is 34.1 Å². The summed E-state index contributed by atoms with van der Waals surface area (Å²) in [5.41, 5.74) is 5.77. The Morgan fingerprint density at radius 2 is 1.10 bits per heavy atom. The van der Waals surface area contributed by atoms with E-state index in [9.17, 15) is 38.4 Å². The highest BCUT2D eigenvalue weighted by atomic mass is 35.5.